The second kappa shape index (κ2) is 5.37. The summed E-state index contributed by atoms with van der Waals surface area (Å²) in [6.07, 6.45) is 1.44. The van der Waals surface area contributed by atoms with Crippen molar-refractivity contribution in [2.75, 3.05) is 7.11 Å². The van der Waals surface area contributed by atoms with Crippen molar-refractivity contribution in [3.8, 4) is 11.5 Å². The van der Waals surface area contributed by atoms with Crippen LogP contribution in [0.4, 0.5) is 0 Å². The summed E-state index contributed by atoms with van der Waals surface area (Å²) in [6.45, 7) is 0. The van der Waals surface area contributed by atoms with Gasteiger partial charge >= 0.3 is 167 Å². The zero-order valence-corrected chi connectivity index (χ0v) is 16.6. The number of fused-ring (bicyclic) bond motifs is 2. The summed E-state index contributed by atoms with van der Waals surface area (Å²) in [5.74, 6) is 2.92. The molecule has 2 aliphatic rings. The first-order valence-electron chi connectivity index (χ1n) is 9.39. The van der Waals surface area contributed by atoms with Crippen LogP contribution in [-0.2, 0) is 9.53 Å². The molecule has 1 spiro atoms. The Morgan fingerprint density at radius 1 is 0.793 bits per heavy atom. The number of ether oxygens (including phenoxy) is 1. The Labute approximate surface area is 167 Å². The quantitative estimate of drug-likeness (QED) is 0.276. The Balaban J connectivity index is 1.79. The van der Waals surface area contributed by atoms with E-state index in [9.17, 15) is 4.79 Å². The fourth-order valence-corrected chi connectivity index (χ4v) is 9.33. The van der Waals surface area contributed by atoms with E-state index in [0.717, 1.165) is 43.7 Å². The van der Waals surface area contributed by atoms with Crippen molar-refractivity contribution < 1.29 is 18.6 Å². The molecule has 4 aromatic rings. The van der Waals surface area contributed by atoms with Gasteiger partial charge in [-0.15, -0.1) is 0 Å². The van der Waals surface area contributed by atoms with E-state index in [2.05, 4.69) is 36.4 Å². The van der Waals surface area contributed by atoms with Crippen molar-refractivity contribution in [1.82, 2.24) is 0 Å². The van der Waals surface area contributed by atoms with Gasteiger partial charge in [0.2, 0.25) is 0 Å². The van der Waals surface area contributed by atoms with Crippen LogP contribution in [0.3, 0.4) is 0 Å². The SMILES string of the molecule is COC(=O)/C=C/P12(Oc3cccc4cccc1c34)Oc1cccc3cccc2c13. The molecule has 4 aromatic carbocycles. The maximum atomic E-state index is 12.1. The van der Waals surface area contributed by atoms with Gasteiger partial charge in [0.15, 0.2) is 0 Å². The van der Waals surface area contributed by atoms with E-state index >= 15 is 0 Å². The molecule has 0 aromatic heterocycles. The average molecular weight is 400 g/mol. The van der Waals surface area contributed by atoms with Crippen molar-refractivity contribution in [3.05, 3.63) is 84.7 Å². The number of benzene rings is 4. The number of carbonyl (C=O) groups is 1. The molecular formula is C24H17O4P. The minimum absolute atomic E-state index is 0.442. The molecule has 0 aliphatic carbocycles. The Bertz CT molecular complexity index is 1280. The third-order valence-electron chi connectivity index (χ3n) is 5.84. The first-order valence-corrected chi connectivity index (χ1v) is 11.5. The number of hydrogen-bond donors (Lipinski definition) is 0. The zero-order valence-electron chi connectivity index (χ0n) is 15.7. The van der Waals surface area contributed by atoms with E-state index in [0.29, 0.717) is 0 Å². The predicted octanol–water partition coefficient (Wildman–Crippen LogP) is 4.80. The predicted molar refractivity (Wildman–Crippen MR) is 116 cm³/mol. The van der Waals surface area contributed by atoms with Crippen molar-refractivity contribution >= 4 is 45.2 Å². The molecule has 0 bridgehead atoms. The van der Waals surface area contributed by atoms with E-state index in [1.807, 2.05) is 42.2 Å². The second-order valence-corrected chi connectivity index (χ2v) is 11.0. The summed E-state index contributed by atoms with van der Waals surface area (Å²) < 4.78 is 18.6. The molecule has 5 heteroatoms. The van der Waals surface area contributed by atoms with E-state index in [1.54, 1.807) is 0 Å². The van der Waals surface area contributed by atoms with Crippen LogP contribution in [0.1, 0.15) is 0 Å². The molecule has 0 amide bonds. The van der Waals surface area contributed by atoms with E-state index in [1.165, 1.54) is 13.2 Å². The number of esters is 1. The van der Waals surface area contributed by atoms with Gasteiger partial charge in [0.05, 0.1) is 0 Å². The standard InChI is InChI=1S/C24H17O4P/c1-26-22(25)14-15-29(20-12-4-8-16-6-2-10-18(27-29)23(16)20)21-13-5-9-17-7-3-11-19(28-29)24(17)21/h2-15H,1H3/b15-14+. The van der Waals surface area contributed by atoms with Crippen molar-refractivity contribution in [2.45, 2.75) is 0 Å². The summed E-state index contributed by atoms with van der Waals surface area (Å²) in [5, 5.41) is 6.19. The Hall–Kier alpha value is -3.36. The van der Waals surface area contributed by atoms with Crippen LogP contribution in [0.5, 0.6) is 11.5 Å². The molecule has 0 saturated heterocycles. The monoisotopic (exact) mass is 400 g/mol. The maximum absolute atomic E-state index is 12.1. The van der Waals surface area contributed by atoms with Crippen molar-refractivity contribution in [3.63, 3.8) is 0 Å². The molecule has 0 radical (unpaired) electrons. The van der Waals surface area contributed by atoms with Gasteiger partial charge in [0.1, 0.15) is 0 Å². The van der Waals surface area contributed by atoms with Gasteiger partial charge < -0.3 is 0 Å². The third kappa shape index (κ3) is 1.89. The molecule has 142 valence electrons. The average Bonchev–Trinajstić information content (AvgIpc) is 3.21. The molecule has 6 rings (SSSR count). The van der Waals surface area contributed by atoms with Gasteiger partial charge in [-0.1, -0.05) is 0 Å². The molecule has 29 heavy (non-hydrogen) atoms. The second-order valence-electron chi connectivity index (χ2n) is 7.30. The Kier molecular flexibility index (Phi) is 3.07. The summed E-state index contributed by atoms with van der Waals surface area (Å²) in [6, 6.07) is 24.3. The first-order chi connectivity index (χ1) is 14.1. The molecular weight excluding hydrogens is 383 g/mol. The van der Waals surface area contributed by atoms with Gasteiger partial charge in [0, 0.05) is 0 Å². The van der Waals surface area contributed by atoms with Gasteiger partial charge in [-0.3, -0.25) is 0 Å². The van der Waals surface area contributed by atoms with Crippen molar-refractivity contribution in [1.29, 1.82) is 0 Å². The Morgan fingerprint density at radius 3 is 1.76 bits per heavy atom. The molecule has 2 aliphatic heterocycles. The van der Waals surface area contributed by atoms with Gasteiger partial charge in [-0.2, -0.15) is 0 Å². The number of carbonyl (C=O) groups excluding carboxylic acids is 1. The molecule has 0 atom stereocenters. The molecule has 4 nitrogen and oxygen atoms in total. The topological polar surface area (TPSA) is 44.8 Å². The van der Waals surface area contributed by atoms with Crippen LogP contribution in [0.15, 0.2) is 84.7 Å². The summed E-state index contributed by atoms with van der Waals surface area (Å²) in [5.41, 5.74) is 0. The summed E-state index contributed by atoms with van der Waals surface area (Å²) in [7, 11) is -2.43. The molecule has 0 N–H and O–H groups in total. The third-order valence-corrected chi connectivity index (χ3v) is 10.2. The molecule has 0 fully saturated rings. The fourth-order valence-electron chi connectivity index (χ4n) is 4.65. The summed E-state index contributed by atoms with van der Waals surface area (Å²) in [4.78, 5) is 12.1. The van der Waals surface area contributed by atoms with E-state index < -0.39 is 13.0 Å². The van der Waals surface area contributed by atoms with Gasteiger partial charge in [-0.05, 0) is 0 Å². The normalized spacial score (nSPS) is 18.4. The van der Waals surface area contributed by atoms with E-state index in [4.69, 9.17) is 13.8 Å². The first kappa shape index (κ1) is 16.6. The van der Waals surface area contributed by atoms with Crippen LogP contribution in [0, 0.1) is 0 Å². The van der Waals surface area contributed by atoms with Gasteiger partial charge in [-0.25, -0.2) is 0 Å². The number of hydrogen-bond acceptors (Lipinski definition) is 4. The number of rotatable bonds is 2. The molecule has 0 saturated carbocycles. The van der Waals surface area contributed by atoms with Crippen molar-refractivity contribution in [2.24, 2.45) is 0 Å². The fraction of sp³-hybridized carbons (Fsp3) is 0.0417. The van der Waals surface area contributed by atoms with Crippen LogP contribution in [0.2, 0.25) is 0 Å². The number of methoxy groups -OCH3 is 1. The van der Waals surface area contributed by atoms with Gasteiger partial charge in [0.25, 0.3) is 0 Å². The van der Waals surface area contributed by atoms with Crippen LogP contribution < -0.4 is 19.7 Å². The zero-order chi connectivity index (χ0) is 19.7. The van der Waals surface area contributed by atoms with E-state index in [-0.39, 0.29) is 0 Å². The minimum atomic E-state index is -3.80. The molecule has 0 unspecified atom stereocenters. The Morgan fingerprint density at radius 2 is 1.28 bits per heavy atom. The van der Waals surface area contributed by atoms with Crippen LogP contribution in [-0.4, -0.2) is 13.1 Å². The molecule has 2 heterocycles. The van der Waals surface area contributed by atoms with Crippen LogP contribution >= 0.6 is 7.06 Å². The van der Waals surface area contributed by atoms with Crippen LogP contribution in [0.25, 0.3) is 21.5 Å². The summed E-state index contributed by atoms with van der Waals surface area (Å²) >= 11 is 0.